The quantitative estimate of drug-likeness (QED) is 0.705. The highest BCUT2D eigenvalue weighted by Gasteiger charge is 2.47. The Hall–Kier alpha value is -2.06. The van der Waals surface area contributed by atoms with E-state index in [9.17, 15) is 18.4 Å². The van der Waals surface area contributed by atoms with Gasteiger partial charge >= 0.3 is 0 Å². The van der Waals surface area contributed by atoms with Crippen LogP contribution < -0.4 is 0 Å². The summed E-state index contributed by atoms with van der Waals surface area (Å²) in [5.41, 5.74) is 0.233. The lowest BCUT2D eigenvalue weighted by Crippen LogP contribution is -2.39. The van der Waals surface area contributed by atoms with Crippen molar-refractivity contribution in [1.82, 2.24) is 24.8 Å². The Morgan fingerprint density at radius 1 is 1.10 bits per heavy atom. The number of alkyl halides is 2. The molecule has 2 amide bonds. The minimum Gasteiger partial charge on any atom is -0.337 e. The molecule has 1 aliphatic carbocycles. The second kappa shape index (κ2) is 8.98. The van der Waals surface area contributed by atoms with Crippen LogP contribution in [-0.2, 0) is 11.3 Å². The summed E-state index contributed by atoms with van der Waals surface area (Å²) in [5.74, 6) is -2.72. The van der Waals surface area contributed by atoms with Gasteiger partial charge in [0.15, 0.2) is 5.69 Å². The number of amides is 2. The Labute approximate surface area is 175 Å². The lowest BCUT2D eigenvalue weighted by atomic mass is 9.86. The van der Waals surface area contributed by atoms with Gasteiger partial charge in [-0.1, -0.05) is 37.3 Å². The maximum absolute atomic E-state index is 14.1. The van der Waals surface area contributed by atoms with Gasteiger partial charge in [-0.05, 0) is 25.2 Å². The van der Waals surface area contributed by atoms with Gasteiger partial charge in [0, 0.05) is 25.9 Å². The first-order valence-corrected chi connectivity index (χ1v) is 11.3. The van der Waals surface area contributed by atoms with Gasteiger partial charge < -0.3 is 9.80 Å². The Morgan fingerprint density at radius 3 is 2.57 bits per heavy atom. The van der Waals surface area contributed by atoms with Gasteiger partial charge in [0.1, 0.15) is 0 Å². The van der Waals surface area contributed by atoms with Crippen LogP contribution in [0.1, 0.15) is 74.7 Å². The zero-order valence-corrected chi connectivity index (χ0v) is 17.4. The van der Waals surface area contributed by atoms with Crippen LogP contribution in [0, 0.1) is 5.92 Å². The summed E-state index contributed by atoms with van der Waals surface area (Å²) >= 11 is 0. The number of likely N-dealkylation sites (tertiary alicyclic amines) is 2. The summed E-state index contributed by atoms with van der Waals surface area (Å²) in [5, 5.41) is 7.91. The minimum atomic E-state index is -2.89. The third-order valence-electron chi connectivity index (χ3n) is 6.74. The van der Waals surface area contributed by atoms with E-state index in [0.717, 1.165) is 32.1 Å². The fraction of sp³-hybridized carbons (Fsp3) is 0.810. The molecule has 30 heavy (non-hydrogen) atoms. The second-order valence-electron chi connectivity index (χ2n) is 9.10. The number of nitrogens with zero attached hydrogens (tertiary/aromatic N) is 5. The molecule has 0 unspecified atom stereocenters. The number of aromatic nitrogens is 3. The van der Waals surface area contributed by atoms with Gasteiger partial charge in [0.25, 0.3) is 11.8 Å². The second-order valence-corrected chi connectivity index (χ2v) is 9.10. The number of halogens is 2. The van der Waals surface area contributed by atoms with Crippen molar-refractivity contribution in [2.24, 2.45) is 5.92 Å². The highest BCUT2D eigenvalue weighted by molar-refractivity contribution is 5.92. The average Bonchev–Trinajstić information content (AvgIpc) is 3.47. The molecule has 166 valence electrons. The van der Waals surface area contributed by atoms with E-state index in [0.29, 0.717) is 25.4 Å². The molecule has 0 spiro atoms. The van der Waals surface area contributed by atoms with E-state index >= 15 is 0 Å². The average molecular weight is 424 g/mol. The van der Waals surface area contributed by atoms with E-state index in [1.54, 1.807) is 4.90 Å². The number of hydrogen-bond acceptors (Lipinski definition) is 4. The van der Waals surface area contributed by atoms with Gasteiger partial charge in [0.2, 0.25) is 5.91 Å². The van der Waals surface area contributed by atoms with Crippen LogP contribution in [0.15, 0.2) is 6.20 Å². The molecule has 2 saturated heterocycles. The monoisotopic (exact) mass is 423 g/mol. The van der Waals surface area contributed by atoms with Crippen molar-refractivity contribution in [3.63, 3.8) is 0 Å². The van der Waals surface area contributed by atoms with E-state index < -0.39 is 18.5 Å². The molecule has 3 aliphatic rings. The van der Waals surface area contributed by atoms with E-state index in [-0.39, 0.29) is 30.5 Å². The Kier molecular flexibility index (Phi) is 6.34. The standard InChI is InChI=1S/C21H31F2N5O2/c22-21(23)12-17(28(15-21)19(29)9-8-16-6-2-1-3-7-16)13-27-14-18(24-25-27)20(30)26-10-4-5-11-26/h14,16-17H,1-13,15H2/t17-/m0/s1. The molecule has 4 rings (SSSR count). The van der Waals surface area contributed by atoms with Crippen LogP contribution in [0.2, 0.25) is 0 Å². The van der Waals surface area contributed by atoms with Crippen molar-refractivity contribution in [1.29, 1.82) is 0 Å². The third-order valence-corrected chi connectivity index (χ3v) is 6.74. The normalized spacial score (nSPS) is 24.5. The first-order chi connectivity index (χ1) is 14.4. The Bertz CT molecular complexity index is 756. The molecule has 0 aromatic carbocycles. The van der Waals surface area contributed by atoms with Crippen molar-refractivity contribution in [3.05, 3.63) is 11.9 Å². The van der Waals surface area contributed by atoms with Gasteiger partial charge in [0.05, 0.1) is 25.3 Å². The predicted molar refractivity (Wildman–Crippen MR) is 106 cm³/mol. The molecule has 1 atom stereocenters. The van der Waals surface area contributed by atoms with Crippen LogP contribution in [-0.4, -0.2) is 68.2 Å². The van der Waals surface area contributed by atoms with Crippen LogP contribution >= 0.6 is 0 Å². The maximum Gasteiger partial charge on any atom is 0.276 e. The summed E-state index contributed by atoms with van der Waals surface area (Å²) in [6, 6.07) is -0.629. The fourth-order valence-electron chi connectivity index (χ4n) is 5.08. The molecule has 3 heterocycles. The smallest absolute Gasteiger partial charge is 0.276 e. The fourth-order valence-corrected chi connectivity index (χ4v) is 5.08. The molecule has 0 radical (unpaired) electrons. The molecule has 0 N–H and O–H groups in total. The molecular formula is C21H31F2N5O2. The maximum atomic E-state index is 14.1. The van der Waals surface area contributed by atoms with Crippen molar-refractivity contribution in [3.8, 4) is 0 Å². The topological polar surface area (TPSA) is 71.3 Å². The van der Waals surface area contributed by atoms with Crippen molar-refractivity contribution < 1.29 is 18.4 Å². The SMILES string of the molecule is O=C(c1cn(C[C@@H]2CC(F)(F)CN2C(=O)CCC2CCCCC2)nn1)N1CCCC1. The number of rotatable bonds is 6. The van der Waals surface area contributed by atoms with E-state index in [1.165, 1.54) is 35.0 Å². The lowest BCUT2D eigenvalue weighted by molar-refractivity contribution is -0.133. The van der Waals surface area contributed by atoms with Gasteiger partial charge in [-0.3, -0.25) is 9.59 Å². The molecule has 2 aliphatic heterocycles. The highest BCUT2D eigenvalue weighted by Crippen LogP contribution is 2.34. The third kappa shape index (κ3) is 4.98. The van der Waals surface area contributed by atoms with Crippen molar-refractivity contribution in [2.75, 3.05) is 19.6 Å². The molecule has 1 saturated carbocycles. The zero-order valence-electron chi connectivity index (χ0n) is 17.4. The summed E-state index contributed by atoms with van der Waals surface area (Å²) in [7, 11) is 0. The van der Waals surface area contributed by atoms with Crippen LogP contribution in [0.3, 0.4) is 0 Å². The van der Waals surface area contributed by atoms with Crippen molar-refractivity contribution >= 4 is 11.8 Å². The first-order valence-electron chi connectivity index (χ1n) is 11.3. The highest BCUT2D eigenvalue weighted by atomic mass is 19.3. The van der Waals surface area contributed by atoms with Crippen LogP contribution in [0.25, 0.3) is 0 Å². The first kappa shape index (κ1) is 21.2. The Morgan fingerprint density at radius 2 is 1.83 bits per heavy atom. The number of carbonyl (C=O) groups is 2. The number of carbonyl (C=O) groups excluding carboxylic acids is 2. The molecule has 1 aromatic heterocycles. The molecule has 3 fully saturated rings. The van der Waals surface area contributed by atoms with Gasteiger partial charge in [-0.2, -0.15) is 0 Å². The number of hydrogen-bond donors (Lipinski definition) is 0. The van der Waals surface area contributed by atoms with E-state index in [2.05, 4.69) is 10.3 Å². The van der Waals surface area contributed by atoms with Crippen LogP contribution in [0.5, 0.6) is 0 Å². The minimum absolute atomic E-state index is 0.130. The molecule has 7 nitrogen and oxygen atoms in total. The summed E-state index contributed by atoms with van der Waals surface area (Å²) in [6.45, 7) is 1.02. The largest absolute Gasteiger partial charge is 0.337 e. The van der Waals surface area contributed by atoms with Gasteiger partial charge in [-0.15, -0.1) is 5.10 Å². The van der Waals surface area contributed by atoms with Crippen molar-refractivity contribution in [2.45, 2.75) is 82.7 Å². The summed E-state index contributed by atoms with van der Waals surface area (Å²) < 4.78 is 29.7. The summed E-state index contributed by atoms with van der Waals surface area (Å²) in [4.78, 5) is 28.2. The van der Waals surface area contributed by atoms with Gasteiger partial charge in [-0.25, -0.2) is 13.5 Å². The zero-order chi connectivity index (χ0) is 21.1. The summed E-state index contributed by atoms with van der Waals surface area (Å²) in [6.07, 6.45) is 10.1. The predicted octanol–water partition coefficient (Wildman–Crippen LogP) is 3.11. The lowest BCUT2D eigenvalue weighted by Gasteiger charge is -2.26. The molecule has 0 bridgehead atoms. The van der Waals surface area contributed by atoms with E-state index in [1.807, 2.05) is 0 Å². The van der Waals surface area contributed by atoms with Crippen LogP contribution in [0.4, 0.5) is 8.78 Å². The molecule has 9 heteroatoms. The molecule has 1 aromatic rings. The van der Waals surface area contributed by atoms with E-state index in [4.69, 9.17) is 0 Å². The molecular weight excluding hydrogens is 392 g/mol. The Balaban J connectivity index is 1.36.